The SMILES string of the molecule is CCOC(=O)Cc1cc(Br)ncc1O. The number of hydrogen-bond acceptors (Lipinski definition) is 4. The van der Waals surface area contributed by atoms with E-state index >= 15 is 0 Å². The number of carbonyl (C=O) groups is 1. The molecule has 1 rings (SSSR count). The third-order valence-electron chi connectivity index (χ3n) is 1.57. The molecular weight excluding hydrogens is 250 g/mol. The monoisotopic (exact) mass is 259 g/mol. The second kappa shape index (κ2) is 4.95. The Morgan fingerprint density at radius 3 is 3.07 bits per heavy atom. The number of halogens is 1. The fourth-order valence-electron chi connectivity index (χ4n) is 0.970. The zero-order valence-electron chi connectivity index (χ0n) is 7.66. The lowest BCUT2D eigenvalue weighted by Crippen LogP contribution is -2.07. The topological polar surface area (TPSA) is 59.4 Å². The quantitative estimate of drug-likeness (QED) is 0.663. The van der Waals surface area contributed by atoms with Gasteiger partial charge < -0.3 is 9.84 Å². The van der Waals surface area contributed by atoms with Gasteiger partial charge in [0, 0.05) is 5.56 Å². The number of esters is 1. The zero-order chi connectivity index (χ0) is 10.6. The van der Waals surface area contributed by atoms with E-state index in [0.717, 1.165) is 0 Å². The summed E-state index contributed by atoms with van der Waals surface area (Å²) in [6, 6.07) is 1.59. The molecule has 0 aliphatic rings. The van der Waals surface area contributed by atoms with Gasteiger partial charge in [0.15, 0.2) is 0 Å². The van der Waals surface area contributed by atoms with Crippen LogP contribution in [0, 0.1) is 0 Å². The molecule has 4 nitrogen and oxygen atoms in total. The first-order chi connectivity index (χ1) is 6.63. The highest BCUT2D eigenvalue weighted by Gasteiger charge is 2.09. The van der Waals surface area contributed by atoms with Gasteiger partial charge in [0.2, 0.25) is 0 Å². The summed E-state index contributed by atoms with van der Waals surface area (Å²) in [7, 11) is 0. The molecule has 0 radical (unpaired) electrons. The van der Waals surface area contributed by atoms with Gasteiger partial charge in [-0.25, -0.2) is 4.98 Å². The molecule has 0 unspecified atom stereocenters. The number of pyridine rings is 1. The van der Waals surface area contributed by atoms with Gasteiger partial charge >= 0.3 is 5.97 Å². The number of nitrogens with zero attached hydrogens (tertiary/aromatic N) is 1. The summed E-state index contributed by atoms with van der Waals surface area (Å²) in [5.41, 5.74) is 0.505. The summed E-state index contributed by atoms with van der Waals surface area (Å²) in [4.78, 5) is 14.9. The largest absolute Gasteiger partial charge is 0.506 e. The van der Waals surface area contributed by atoms with E-state index in [-0.39, 0.29) is 18.1 Å². The molecule has 0 atom stereocenters. The van der Waals surface area contributed by atoms with Crippen molar-refractivity contribution in [1.29, 1.82) is 0 Å². The van der Waals surface area contributed by atoms with Gasteiger partial charge in [0.05, 0.1) is 19.2 Å². The first-order valence-corrected chi connectivity index (χ1v) is 4.91. The number of rotatable bonds is 3. The number of aromatic hydroxyl groups is 1. The highest BCUT2D eigenvalue weighted by atomic mass is 79.9. The second-order valence-corrected chi connectivity index (χ2v) is 3.43. The fraction of sp³-hybridized carbons (Fsp3) is 0.333. The fourth-order valence-corrected chi connectivity index (χ4v) is 1.35. The second-order valence-electron chi connectivity index (χ2n) is 2.62. The highest BCUT2D eigenvalue weighted by Crippen LogP contribution is 2.19. The molecule has 0 amide bonds. The van der Waals surface area contributed by atoms with E-state index in [4.69, 9.17) is 4.74 Å². The number of hydrogen-bond donors (Lipinski definition) is 1. The maximum absolute atomic E-state index is 11.1. The molecule has 0 aromatic carbocycles. The van der Waals surface area contributed by atoms with Crippen molar-refractivity contribution in [3.05, 3.63) is 22.4 Å². The molecule has 5 heteroatoms. The van der Waals surface area contributed by atoms with E-state index in [9.17, 15) is 9.90 Å². The molecule has 1 aromatic rings. The number of carbonyl (C=O) groups excluding carboxylic acids is 1. The van der Waals surface area contributed by atoms with Crippen molar-refractivity contribution in [1.82, 2.24) is 4.98 Å². The molecule has 0 fully saturated rings. The Balaban J connectivity index is 2.75. The van der Waals surface area contributed by atoms with Crippen LogP contribution in [0.3, 0.4) is 0 Å². The summed E-state index contributed by atoms with van der Waals surface area (Å²) >= 11 is 3.15. The molecule has 76 valence electrons. The van der Waals surface area contributed by atoms with Gasteiger partial charge in [0.25, 0.3) is 0 Å². The summed E-state index contributed by atoms with van der Waals surface area (Å²) in [5, 5.41) is 9.36. The Morgan fingerprint density at radius 1 is 1.71 bits per heavy atom. The minimum atomic E-state index is -0.360. The van der Waals surface area contributed by atoms with E-state index in [0.29, 0.717) is 16.8 Å². The molecular formula is C9H10BrNO3. The first kappa shape index (κ1) is 11.0. The van der Waals surface area contributed by atoms with Crippen LogP contribution in [0.1, 0.15) is 12.5 Å². The molecule has 0 aliphatic carbocycles. The zero-order valence-corrected chi connectivity index (χ0v) is 9.24. The van der Waals surface area contributed by atoms with Crippen molar-refractivity contribution in [2.75, 3.05) is 6.61 Å². The van der Waals surface area contributed by atoms with Crippen LogP contribution in [0.4, 0.5) is 0 Å². The number of aromatic nitrogens is 1. The smallest absolute Gasteiger partial charge is 0.310 e. The molecule has 14 heavy (non-hydrogen) atoms. The maximum atomic E-state index is 11.1. The van der Waals surface area contributed by atoms with Crippen LogP contribution in [0.15, 0.2) is 16.9 Å². The van der Waals surface area contributed by atoms with Crippen molar-refractivity contribution in [3.8, 4) is 5.75 Å². The Hall–Kier alpha value is -1.10. The third kappa shape index (κ3) is 2.99. The normalized spacial score (nSPS) is 9.86. The molecule has 1 N–H and O–H groups in total. The van der Waals surface area contributed by atoms with Gasteiger partial charge in [-0.1, -0.05) is 0 Å². The van der Waals surface area contributed by atoms with Crippen molar-refractivity contribution in [2.45, 2.75) is 13.3 Å². The van der Waals surface area contributed by atoms with Crippen LogP contribution in [0.5, 0.6) is 5.75 Å². The summed E-state index contributed by atoms with van der Waals surface area (Å²) in [6.07, 6.45) is 1.35. The Bertz CT molecular complexity index is 341. The van der Waals surface area contributed by atoms with Gasteiger partial charge in [-0.2, -0.15) is 0 Å². The van der Waals surface area contributed by atoms with Crippen LogP contribution in [0.2, 0.25) is 0 Å². The molecule has 0 spiro atoms. The van der Waals surface area contributed by atoms with Crippen LogP contribution in [-0.2, 0) is 16.0 Å². The minimum Gasteiger partial charge on any atom is -0.506 e. The van der Waals surface area contributed by atoms with Crippen LogP contribution in [-0.4, -0.2) is 22.7 Å². The lowest BCUT2D eigenvalue weighted by atomic mass is 10.2. The molecule has 0 aliphatic heterocycles. The van der Waals surface area contributed by atoms with Crippen molar-refractivity contribution < 1.29 is 14.6 Å². The summed E-state index contributed by atoms with van der Waals surface area (Å²) < 4.78 is 5.33. The van der Waals surface area contributed by atoms with Gasteiger partial charge in [-0.15, -0.1) is 0 Å². The lowest BCUT2D eigenvalue weighted by Gasteiger charge is -2.04. The van der Waals surface area contributed by atoms with Crippen molar-refractivity contribution in [2.24, 2.45) is 0 Å². The van der Waals surface area contributed by atoms with Gasteiger partial charge in [-0.05, 0) is 28.9 Å². The van der Waals surface area contributed by atoms with Crippen LogP contribution >= 0.6 is 15.9 Å². The predicted octanol–water partition coefficient (Wildman–Crippen LogP) is 1.66. The average Bonchev–Trinajstić information content (AvgIpc) is 2.12. The standard InChI is InChI=1S/C9H10BrNO3/c1-2-14-9(13)4-6-3-8(10)11-5-7(6)12/h3,5,12H,2,4H2,1H3. The molecule has 0 bridgehead atoms. The Kier molecular flexibility index (Phi) is 3.88. The maximum Gasteiger partial charge on any atom is 0.310 e. The molecule has 1 aromatic heterocycles. The van der Waals surface area contributed by atoms with Crippen molar-refractivity contribution >= 4 is 21.9 Å². The van der Waals surface area contributed by atoms with E-state index in [1.807, 2.05) is 0 Å². The predicted molar refractivity (Wildman–Crippen MR) is 53.9 cm³/mol. The number of ether oxygens (including phenoxy) is 1. The van der Waals surface area contributed by atoms with Crippen LogP contribution in [0.25, 0.3) is 0 Å². The lowest BCUT2D eigenvalue weighted by molar-refractivity contribution is -0.142. The van der Waals surface area contributed by atoms with E-state index in [1.165, 1.54) is 6.20 Å². The first-order valence-electron chi connectivity index (χ1n) is 4.12. The highest BCUT2D eigenvalue weighted by molar-refractivity contribution is 9.10. The Labute approximate surface area is 90.0 Å². The Morgan fingerprint density at radius 2 is 2.43 bits per heavy atom. The van der Waals surface area contributed by atoms with Gasteiger partial charge in [-0.3, -0.25) is 4.79 Å². The summed E-state index contributed by atoms with van der Waals surface area (Å²) in [5.74, 6) is -0.359. The minimum absolute atomic E-state index is 0.00116. The average molecular weight is 260 g/mol. The molecule has 0 saturated carbocycles. The molecule has 0 saturated heterocycles. The summed E-state index contributed by atoms with van der Waals surface area (Å²) in [6.45, 7) is 2.08. The van der Waals surface area contributed by atoms with Gasteiger partial charge in [0.1, 0.15) is 10.4 Å². The van der Waals surface area contributed by atoms with Crippen LogP contribution < -0.4 is 0 Å². The van der Waals surface area contributed by atoms with E-state index in [1.54, 1.807) is 13.0 Å². The molecule has 1 heterocycles. The van der Waals surface area contributed by atoms with E-state index < -0.39 is 0 Å². The van der Waals surface area contributed by atoms with E-state index in [2.05, 4.69) is 20.9 Å². The third-order valence-corrected chi connectivity index (χ3v) is 2.01. The van der Waals surface area contributed by atoms with Crippen molar-refractivity contribution in [3.63, 3.8) is 0 Å².